The van der Waals surface area contributed by atoms with Gasteiger partial charge in [-0.3, -0.25) is 4.90 Å². The van der Waals surface area contributed by atoms with E-state index >= 15 is 0 Å². The molecule has 1 fully saturated rings. The summed E-state index contributed by atoms with van der Waals surface area (Å²) in [5.74, 6) is 0. The van der Waals surface area contributed by atoms with Crippen molar-refractivity contribution < 1.29 is 5.11 Å². The van der Waals surface area contributed by atoms with Crippen LogP contribution in [0.5, 0.6) is 0 Å². The van der Waals surface area contributed by atoms with Crippen LogP contribution in [0.3, 0.4) is 0 Å². The lowest BCUT2D eigenvalue weighted by atomic mass is 9.80. The van der Waals surface area contributed by atoms with Crippen molar-refractivity contribution in [2.75, 3.05) is 20.6 Å². The van der Waals surface area contributed by atoms with E-state index in [-0.39, 0.29) is 5.54 Å². The highest BCUT2D eigenvalue weighted by molar-refractivity contribution is 4.92. The molecule has 0 heterocycles. The molecule has 96 valence electrons. The third kappa shape index (κ3) is 3.44. The topological polar surface area (TPSA) is 35.5 Å². The largest absolute Gasteiger partial charge is 0.389 e. The van der Waals surface area contributed by atoms with Gasteiger partial charge in [0.15, 0.2) is 0 Å². The van der Waals surface area contributed by atoms with Gasteiger partial charge in [0.05, 0.1) is 5.60 Å². The number of rotatable bonds is 3. The van der Waals surface area contributed by atoms with Gasteiger partial charge in [-0.05, 0) is 60.5 Å². The van der Waals surface area contributed by atoms with Crippen molar-refractivity contribution in [3.8, 4) is 0 Å². The van der Waals surface area contributed by atoms with Crippen LogP contribution in [0.4, 0.5) is 0 Å². The molecule has 1 aliphatic rings. The minimum atomic E-state index is -0.468. The van der Waals surface area contributed by atoms with Crippen molar-refractivity contribution in [1.29, 1.82) is 0 Å². The van der Waals surface area contributed by atoms with E-state index in [4.69, 9.17) is 0 Å². The van der Waals surface area contributed by atoms with Crippen LogP contribution in [0.25, 0.3) is 0 Å². The lowest BCUT2D eigenvalue weighted by Gasteiger charge is -2.44. The van der Waals surface area contributed by atoms with Gasteiger partial charge in [-0.15, -0.1) is 0 Å². The Balaban J connectivity index is 2.49. The maximum Gasteiger partial charge on any atom is 0.0772 e. The summed E-state index contributed by atoms with van der Waals surface area (Å²) >= 11 is 0. The van der Waals surface area contributed by atoms with Gasteiger partial charge >= 0.3 is 0 Å². The van der Waals surface area contributed by atoms with E-state index in [2.05, 4.69) is 38.0 Å². The molecule has 0 unspecified atom stereocenters. The molecule has 0 bridgehead atoms. The third-order valence-electron chi connectivity index (χ3n) is 4.00. The molecule has 1 saturated carbocycles. The normalized spacial score (nSPS) is 32.1. The molecule has 2 N–H and O–H groups in total. The second-order valence-electron chi connectivity index (χ2n) is 6.27. The van der Waals surface area contributed by atoms with Crippen molar-refractivity contribution in [3.63, 3.8) is 0 Å². The maximum atomic E-state index is 10.3. The Morgan fingerprint density at radius 2 is 1.81 bits per heavy atom. The maximum absolute atomic E-state index is 10.3. The molecule has 16 heavy (non-hydrogen) atoms. The van der Waals surface area contributed by atoms with E-state index in [0.29, 0.717) is 6.04 Å². The number of hydrogen-bond donors (Lipinski definition) is 2. The number of aliphatic hydroxyl groups is 1. The first-order valence-electron chi connectivity index (χ1n) is 6.38. The number of nitrogens with one attached hydrogen (secondary N) is 1. The summed E-state index contributed by atoms with van der Waals surface area (Å²) in [4.78, 5) is 2.45. The van der Waals surface area contributed by atoms with Crippen LogP contribution in [0.15, 0.2) is 0 Å². The Morgan fingerprint density at radius 3 is 2.19 bits per heavy atom. The second-order valence-corrected chi connectivity index (χ2v) is 6.27. The molecule has 0 radical (unpaired) electrons. The zero-order chi connectivity index (χ0) is 12.4. The van der Waals surface area contributed by atoms with E-state index in [0.717, 1.165) is 32.2 Å². The van der Waals surface area contributed by atoms with Gasteiger partial charge in [-0.1, -0.05) is 0 Å². The second kappa shape index (κ2) is 5.03. The standard InChI is InChI=1S/C13H28N2O/c1-12(2,3)15(5)11-6-8-13(16,9-7-11)10-14-4/h11,14,16H,6-10H2,1-5H3. The summed E-state index contributed by atoms with van der Waals surface area (Å²) in [7, 11) is 4.11. The minimum absolute atomic E-state index is 0.225. The molecule has 0 spiro atoms. The molecular weight excluding hydrogens is 200 g/mol. The van der Waals surface area contributed by atoms with Crippen molar-refractivity contribution in [2.45, 2.75) is 63.6 Å². The van der Waals surface area contributed by atoms with E-state index in [1.165, 1.54) is 0 Å². The monoisotopic (exact) mass is 228 g/mol. The average molecular weight is 228 g/mol. The van der Waals surface area contributed by atoms with Crippen molar-refractivity contribution in [2.24, 2.45) is 0 Å². The van der Waals surface area contributed by atoms with Gasteiger partial charge in [0.2, 0.25) is 0 Å². The smallest absolute Gasteiger partial charge is 0.0772 e. The van der Waals surface area contributed by atoms with Crippen molar-refractivity contribution >= 4 is 0 Å². The Labute approximate surface area is 100 Å². The molecule has 0 saturated heterocycles. The Kier molecular flexibility index (Phi) is 4.38. The molecule has 0 amide bonds. The summed E-state index contributed by atoms with van der Waals surface area (Å²) in [6, 6.07) is 0.622. The van der Waals surface area contributed by atoms with E-state index in [9.17, 15) is 5.11 Å². The average Bonchev–Trinajstić information content (AvgIpc) is 2.16. The molecule has 3 heteroatoms. The van der Waals surface area contributed by atoms with Gasteiger partial charge in [0, 0.05) is 18.1 Å². The summed E-state index contributed by atoms with van der Waals surface area (Å²) in [6.45, 7) is 7.48. The fourth-order valence-electron chi connectivity index (χ4n) is 2.58. The fraction of sp³-hybridized carbons (Fsp3) is 1.00. The van der Waals surface area contributed by atoms with E-state index in [1.54, 1.807) is 0 Å². The molecule has 0 aromatic rings. The van der Waals surface area contributed by atoms with Crippen molar-refractivity contribution in [1.82, 2.24) is 10.2 Å². The summed E-state index contributed by atoms with van der Waals surface area (Å²) < 4.78 is 0. The van der Waals surface area contributed by atoms with E-state index < -0.39 is 5.60 Å². The molecule has 0 aromatic heterocycles. The highest BCUT2D eigenvalue weighted by Crippen LogP contribution is 2.32. The van der Waals surface area contributed by atoms with Crippen LogP contribution in [-0.2, 0) is 0 Å². The fourth-order valence-corrected chi connectivity index (χ4v) is 2.58. The van der Waals surface area contributed by atoms with Gasteiger partial charge in [0.25, 0.3) is 0 Å². The predicted octanol–water partition coefficient (Wildman–Crippen LogP) is 1.61. The molecule has 1 rings (SSSR count). The number of likely N-dealkylation sites (N-methyl/N-ethyl adjacent to an activating group) is 1. The van der Waals surface area contributed by atoms with Gasteiger partial charge in [0.1, 0.15) is 0 Å². The van der Waals surface area contributed by atoms with Gasteiger partial charge in [-0.2, -0.15) is 0 Å². The van der Waals surface area contributed by atoms with Crippen LogP contribution < -0.4 is 5.32 Å². The molecular formula is C13H28N2O. The molecule has 0 atom stereocenters. The highest BCUT2D eigenvalue weighted by atomic mass is 16.3. The summed E-state index contributed by atoms with van der Waals surface area (Å²) in [5.41, 5.74) is -0.243. The SMILES string of the molecule is CNCC1(O)CCC(N(C)C(C)(C)C)CC1. The van der Waals surface area contributed by atoms with Crippen LogP contribution >= 0.6 is 0 Å². The Hall–Kier alpha value is -0.120. The highest BCUT2D eigenvalue weighted by Gasteiger charge is 2.36. The molecule has 3 nitrogen and oxygen atoms in total. The quantitative estimate of drug-likeness (QED) is 0.770. The number of nitrogens with zero attached hydrogens (tertiary/aromatic N) is 1. The molecule has 0 aromatic carbocycles. The predicted molar refractivity (Wildman–Crippen MR) is 68.6 cm³/mol. The minimum Gasteiger partial charge on any atom is -0.389 e. The van der Waals surface area contributed by atoms with Crippen LogP contribution in [0.1, 0.15) is 46.5 Å². The van der Waals surface area contributed by atoms with Crippen LogP contribution in [0, 0.1) is 0 Å². The van der Waals surface area contributed by atoms with Gasteiger partial charge in [-0.25, -0.2) is 0 Å². The first-order chi connectivity index (χ1) is 7.28. The summed E-state index contributed by atoms with van der Waals surface area (Å²) in [5, 5.41) is 13.4. The van der Waals surface area contributed by atoms with E-state index in [1.807, 2.05) is 7.05 Å². The number of hydrogen-bond acceptors (Lipinski definition) is 3. The Bertz CT molecular complexity index is 214. The Morgan fingerprint density at radius 1 is 1.31 bits per heavy atom. The zero-order valence-electron chi connectivity index (χ0n) is 11.5. The lowest BCUT2D eigenvalue weighted by molar-refractivity contribution is -0.0270. The molecule has 1 aliphatic carbocycles. The first-order valence-corrected chi connectivity index (χ1v) is 6.38. The molecule has 0 aliphatic heterocycles. The zero-order valence-corrected chi connectivity index (χ0v) is 11.5. The first kappa shape index (κ1) is 13.9. The summed E-state index contributed by atoms with van der Waals surface area (Å²) in [6.07, 6.45) is 4.04. The van der Waals surface area contributed by atoms with Crippen molar-refractivity contribution in [3.05, 3.63) is 0 Å². The van der Waals surface area contributed by atoms with Crippen LogP contribution in [-0.4, -0.2) is 47.8 Å². The lowest BCUT2D eigenvalue weighted by Crippen LogP contribution is -2.51. The third-order valence-corrected chi connectivity index (χ3v) is 4.00. The van der Waals surface area contributed by atoms with Gasteiger partial charge < -0.3 is 10.4 Å². The van der Waals surface area contributed by atoms with Crippen LogP contribution in [0.2, 0.25) is 0 Å².